The summed E-state index contributed by atoms with van der Waals surface area (Å²) in [6, 6.07) is 2.10. The van der Waals surface area contributed by atoms with E-state index in [-0.39, 0.29) is 18.4 Å². The highest BCUT2D eigenvalue weighted by Crippen LogP contribution is 2.49. The van der Waals surface area contributed by atoms with Gasteiger partial charge in [0.25, 0.3) is 5.91 Å². The van der Waals surface area contributed by atoms with Gasteiger partial charge < -0.3 is 15.3 Å². The molecular weight excluding hydrogens is 370 g/mol. The van der Waals surface area contributed by atoms with E-state index in [1.165, 1.54) is 4.90 Å². The Kier molecular flexibility index (Phi) is 5.41. The third-order valence-corrected chi connectivity index (χ3v) is 6.02. The largest absolute Gasteiger partial charge is 0.481 e. The summed E-state index contributed by atoms with van der Waals surface area (Å²) in [5, 5.41) is 12.1. The molecule has 1 aromatic carbocycles. The normalized spacial score (nSPS) is 24.9. The van der Waals surface area contributed by atoms with Crippen LogP contribution in [0.3, 0.4) is 0 Å². The molecule has 1 saturated carbocycles. The molecule has 1 aromatic rings. The molecule has 3 rings (SSSR count). The van der Waals surface area contributed by atoms with Crippen molar-refractivity contribution in [1.82, 2.24) is 10.2 Å². The second kappa shape index (κ2) is 7.48. The van der Waals surface area contributed by atoms with Crippen molar-refractivity contribution in [2.24, 2.45) is 17.3 Å². The van der Waals surface area contributed by atoms with Gasteiger partial charge >= 0.3 is 5.97 Å². The van der Waals surface area contributed by atoms with E-state index in [1.54, 1.807) is 13.8 Å². The molecule has 2 N–H and O–H groups in total. The minimum Gasteiger partial charge on any atom is -0.481 e. The number of hydrogen-bond donors (Lipinski definition) is 2. The molecule has 2 aliphatic rings. The Morgan fingerprint density at radius 1 is 1.25 bits per heavy atom. The molecule has 0 spiro atoms. The van der Waals surface area contributed by atoms with Crippen LogP contribution < -0.4 is 5.32 Å². The van der Waals surface area contributed by atoms with Crippen LogP contribution in [-0.2, 0) is 9.59 Å². The molecule has 0 aromatic heterocycles. The fourth-order valence-corrected chi connectivity index (χ4v) is 4.45. The number of amides is 2. The van der Waals surface area contributed by atoms with Crippen LogP contribution >= 0.6 is 0 Å². The van der Waals surface area contributed by atoms with Crippen molar-refractivity contribution in [3.05, 3.63) is 35.4 Å². The van der Waals surface area contributed by atoms with Crippen molar-refractivity contribution in [2.45, 2.75) is 39.2 Å². The quantitative estimate of drug-likeness (QED) is 0.803. The van der Waals surface area contributed by atoms with Gasteiger partial charge in [-0.15, -0.1) is 0 Å². The number of carbonyl (C=O) groups is 3. The lowest BCUT2D eigenvalue weighted by atomic mass is 9.81. The van der Waals surface area contributed by atoms with E-state index >= 15 is 0 Å². The van der Waals surface area contributed by atoms with E-state index in [0.717, 1.165) is 31.0 Å². The second-order valence-electron chi connectivity index (χ2n) is 8.06. The molecule has 152 valence electrons. The van der Waals surface area contributed by atoms with Crippen molar-refractivity contribution in [2.75, 3.05) is 13.1 Å². The number of carboxylic acid groups (broad SMARTS) is 1. The lowest BCUT2D eigenvalue weighted by molar-refractivity contribution is -0.149. The molecule has 1 heterocycles. The van der Waals surface area contributed by atoms with E-state index < -0.39 is 46.4 Å². The fourth-order valence-electron chi connectivity index (χ4n) is 4.45. The van der Waals surface area contributed by atoms with Gasteiger partial charge in [-0.2, -0.15) is 0 Å². The highest BCUT2D eigenvalue weighted by molar-refractivity contribution is 5.98. The van der Waals surface area contributed by atoms with Gasteiger partial charge in [0.2, 0.25) is 5.91 Å². The summed E-state index contributed by atoms with van der Waals surface area (Å²) in [4.78, 5) is 38.8. The average molecular weight is 394 g/mol. The number of aliphatic carboxylic acids is 1. The molecule has 3 atom stereocenters. The number of carboxylic acids is 1. The standard InChI is InChI=1S/C20H24F2N2O4/c1-11(2)16(23-17(25)15-13(21)6-3-7-14(15)22)18(26)24-9-12-5-4-8-20(12,10-24)19(27)28/h3,6-7,11-12,16H,4-5,8-10H2,1-2H3,(H,23,25)(H,27,28)/t12-,16?,20+/m0/s1. The zero-order valence-electron chi connectivity index (χ0n) is 15.9. The molecule has 6 nitrogen and oxygen atoms in total. The van der Waals surface area contributed by atoms with Gasteiger partial charge in [-0.05, 0) is 36.8 Å². The smallest absolute Gasteiger partial charge is 0.311 e. The molecular formula is C20H24F2N2O4. The Morgan fingerprint density at radius 3 is 2.43 bits per heavy atom. The number of halogens is 2. The summed E-state index contributed by atoms with van der Waals surface area (Å²) in [6.45, 7) is 3.84. The summed E-state index contributed by atoms with van der Waals surface area (Å²) in [7, 11) is 0. The minimum atomic E-state index is -1.01. The zero-order chi connectivity index (χ0) is 20.6. The molecule has 8 heteroatoms. The molecule has 2 amide bonds. The first-order chi connectivity index (χ1) is 13.2. The maximum atomic E-state index is 13.9. The maximum Gasteiger partial charge on any atom is 0.311 e. The number of hydrogen-bond acceptors (Lipinski definition) is 3. The van der Waals surface area contributed by atoms with Gasteiger partial charge in [0.05, 0.1) is 5.41 Å². The van der Waals surface area contributed by atoms with Crippen LogP contribution in [-0.4, -0.2) is 46.9 Å². The highest BCUT2D eigenvalue weighted by atomic mass is 19.1. The van der Waals surface area contributed by atoms with Crippen molar-refractivity contribution in [1.29, 1.82) is 0 Å². The van der Waals surface area contributed by atoms with Crippen molar-refractivity contribution in [3.63, 3.8) is 0 Å². The molecule has 1 aliphatic carbocycles. The molecule has 2 fully saturated rings. The lowest BCUT2D eigenvalue weighted by Gasteiger charge is -2.28. The van der Waals surface area contributed by atoms with Gasteiger partial charge in [0.1, 0.15) is 23.2 Å². The lowest BCUT2D eigenvalue weighted by Crippen LogP contribution is -2.51. The second-order valence-corrected chi connectivity index (χ2v) is 8.06. The first-order valence-electron chi connectivity index (χ1n) is 9.44. The summed E-state index contributed by atoms with van der Waals surface area (Å²) in [6.07, 6.45) is 2.08. The molecule has 1 aliphatic heterocycles. The Morgan fingerprint density at radius 2 is 1.89 bits per heavy atom. The Balaban J connectivity index is 1.79. The number of nitrogens with one attached hydrogen (secondary N) is 1. The molecule has 1 unspecified atom stereocenters. The highest BCUT2D eigenvalue weighted by Gasteiger charge is 2.56. The van der Waals surface area contributed by atoms with Crippen LogP contribution in [0.25, 0.3) is 0 Å². The van der Waals surface area contributed by atoms with Gasteiger partial charge in [0.15, 0.2) is 0 Å². The van der Waals surface area contributed by atoms with E-state index in [4.69, 9.17) is 0 Å². The Bertz CT molecular complexity index is 793. The first kappa shape index (κ1) is 20.2. The minimum absolute atomic E-state index is 0.0962. The van der Waals surface area contributed by atoms with Gasteiger partial charge in [-0.3, -0.25) is 14.4 Å². The number of carbonyl (C=O) groups excluding carboxylic acids is 2. The SMILES string of the molecule is CC(C)C(NC(=O)c1c(F)cccc1F)C(=O)N1C[C@@H]2CCC[C@@]2(C(=O)O)C1. The van der Waals surface area contributed by atoms with Gasteiger partial charge in [-0.25, -0.2) is 8.78 Å². The summed E-state index contributed by atoms with van der Waals surface area (Å²) < 4.78 is 27.8. The number of likely N-dealkylation sites (tertiary alicyclic amines) is 1. The molecule has 0 bridgehead atoms. The summed E-state index contributed by atoms with van der Waals surface area (Å²) in [5.41, 5.74) is -1.67. The summed E-state index contributed by atoms with van der Waals surface area (Å²) >= 11 is 0. The third kappa shape index (κ3) is 3.36. The van der Waals surface area contributed by atoms with Crippen LogP contribution in [0.2, 0.25) is 0 Å². The predicted molar refractivity (Wildman–Crippen MR) is 96.4 cm³/mol. The summed E-state index contributed by atoms with van der Waals surface area (Å²) in [5.74, 6) is -4.79. The van der Waals surface area contributed by atoms with Crippen molar-refractivity contribution < 1.29 is 28.3 Å². The number of nitrogens with zero attached hydrogens (tertiary/aromatic N) is 1. The predicted octanol–water partition coefficient (Wildman–Crippen LogP) is 2.43. The number of benzene rings is 1. The van der Waals surface area contributed by atoms with Crippen LogP contribution in [0, 0.1) is 28.9 Å². The van der Waals surface area contributed by atoms with E-state index in [0.29, 0.717) is 13.0 Å². The van der Waals surface area contributed by atoms with Crippen LogP contribution in [0.1, 0.15) is 43.5 Å². The monoisotopic (exact) mass is 394 g/mol. The van der Waals surface area contributed by atoms with Crippen molar-refractivity contribution >= 4 is 17.8 Å². The van der Waals surface area contributed by atoms with Crippen LogP contribution in [0.4, 0.5) is 8.78 Å². The third-order valence-electron chi connectivity index (χ3n) is 6.02. The van der Waals surface area contributed by atoms with Crippen LogP contribution in [0.5, 0.6) is 0 Å². The Labute approximate surface area is 161 Å². The molecule has 1 saturated heterocycles. The topological polar surface area (TPSA) is 86.7 Å². The van der Waals surface area contributed by atoms with Crippen LogP contribution in [0.15, 0.2) is 18.2 Å². The zero-order valence-corrected chi connectivity index (χ0v) is 15.9. The van der Waals surface area contributed by atoms with E-state index in [1.807, 2.05) is 0 Å². The van der Waals surface area contributed by atoms with Gasteiger partial charge in [0, 0.05) is 13.1 Å². The van der Waals surface area contributed by atoms with Gasteiger partial charge in [-0.1, -0.05) is 26.3 Å². The molecule has 28 heavy (non-hydrogen) atoms. The number of rotatable bonds is 5. The maximum absolute atomic E-state index is 13.9. The average Bonchev–Trinajstić information content (AvgIpc) is 3.17. The van der Waals surface area contributed by atoms with E-state index in [9.17, 15) is 28.3 Å². The molecule has 0 radical (unpaired) electrons. The fraction of sp³-hybridized carbons (Fsp3) is 0.550. The first-order valence-corrected chi connectivity index (χ1v) is 9.44. The Hall–Kier alpha value is -2.51. The number of fused-ring (bicyclic) bond motifs is 1. The van der Waals surface area contributed by atoms with Crippen molar-refractivity contribution in [3.8, 4) is 0 Å². The van der Waals surface area contributed by atoms with E-state index in [2.05, 4.69) is 5.32 Å².